The second-order valence-electron chi connectivity index (χ2n) is 7.21. The molecule has 0 bridgehead atoms. The van der Waals surface area contributed by atoms with E-state index in [1.165, 1.54) is 0 Å². The Labute approximate surface area is 138 Å². The molecule has 0 aliphatic heterocycles. The summed E-state index contributed by atoms with van der Waals surface area (Å²) >= 11 is -3.07. The second kappa shape index (κ2) is 8.40. The molecule has 0 atom stereocenters. The summed E-state index contributed by atoms with van der Waals surface area (Å²) in [4.78, 5) is 0. The van der Waals surface area contributed by atoms with Crippen molar-refractivity contribution in [2.45, 2.75) is 79.6 Å². The van der Waals surface area contributed by atoms with Gasteiger partial charge in [0.25, 0.3) is 0 Å². The van der Waals surface area contributed by atoms with Gasteiger partial charge in [0.1, 0.15) is 0 Å². The molecule has 0 unspecified atom stereocenters. The summed E-state index contributed by atoms with van der Waals surface area (Å²) in [6.45, 7) is 18.8. The topological polar surface area (TPSA) is 13.0 Å². The summed E-state index contributed by atoms with van der Waals surface area (Å²) in [6.07, 6.45) is 0. The van der Waals surface area contributed by atoms with Crippen LogP contribution in [0.2, 0.25) is 0 Å². The molecule has 0 rings (SSSR count). The van der Waals surface area contributed by atoms with E-state index in [-0.39, 0.29) is 0 Å². The first-order chi connectivity index (χ1) is 9.42. The van der Waals surface area contributed by atoms with E-state index in [1.54, 1.807) is 0 Å². The molecule has 0 fully saturated rings. The van der Waals surface area contributed by atoms with Gasteiger partial charge in [0.05, 0.1) is 0 Å². The molecule has 0 radical (unpaired) electrons. The average Bonchev–Trinajstić information content (AvgIpc) is 2.24. The van der Waals surface area contributed by atoms with Crippen LogP contribution in [0.3, 0.4) is 0 Å². The van der Waals surface area contributed by atoms with Gasteiger partial charge in [-0.15, -0.1) is 0 Å². The summed E-state index contributed by atoms with van der Waals surface area (Å²) in [7, 11) is 9.13. The van der Waals surface area contributed by atoms with E-state index < -0.39 is 17.1 Å². The van der Waals surface area contributed by atoms with E-state index in [4.69, 9.17) is 0 Å². The summed E-state index contributed by atoms with van der Waals surface area (Å²) in [5.41, 5.74) is 0. The molecule has 0 saturated heterocycles. The molecule has 0 heterocycles. The van der Waals surface area contributed by atoms with Crippen LogP contribution in [0, 0.1) is 0 Å². The predicted molar refractivity (Wildman–Crippen MR) is 91.6 cm³/mol. The summed E-state index contributed by atoms with van der Waals surface area (Å²) in [6, 6.07) is 2.18. The molecule has 0 aromatic carbocycles. The first kappa shape index (κ1) is 21.5. The number of hydrogen-bond donors (Lipinski definition) is 0. The third-order valence-electron chi connectivity index (χ3n) is 3.58. The van der Waals surface area contributed by atoms with Crippen LogP contribution in [0.25, 0.3) is 0 Å². The van der Waals surface area contributed by atoms with Crippen molar-refractivity contribution in [2.75, 3.05) is 28.2 Å². The van der Waals surface area contributed by atoms with Crippen LogP contribution in [-0.4, -0.2) is 66.2 Å². The van der Waals surface area contributed by atoms with Crippen molar-refractivity contribution in [3.05, 3.63) is 0 Å². The van der Waals surface area contributed by atoms with Gasteiger partial charge in [0, 0.05) is 0 Å². The number of nitrogens with zero attached hydrogens (tertiary/aromatic N) is 4. The van der Waals surface area contributed by atoms with Crippen molar-refractivity contribution in [1.29, 1.82) is 0 Å². The van der Waals surface area contributed by atoms with Gasteiger partial charge in [0.15, 0.2) is 0 Å². The third kappa shape index (κ3) is 4.29. The molecule has 0 aromatic heterocycles. The van der Waals surface area contributed by atoms with Crippen molar-refractivity contribution in [1.82, 2.24) is 13.8 Å². The van der Waals surface area contributed by atoms with Crippen molar-refractivity contribution in [3.8, 4) is 0 Å². The minimum absolute atomic E-state index is 0.546. The Morgan fingerprint density at radius 2 is 0.667 bits per heavy atom. The van der Waals surface area contributed by atoms with Crippen LogP contribution < -0.4 is 0 Å². The van der Waals surface area contributed by atoms with E-state index >= 15 is 0 Å². The molecule has 0 aromatic rings. The van der Waals surface area contributed by atoms with E-state index in [9.17, 15) is 0 Å². The van der Waals surface area contributed by atoms with Gasteiger partial charge in [-0.1, -0.05) is 0 Å². The SMILES string of the molecule is CC(C)[N](C(C)C)[W]([N](C)C)([N](C)C)[N](C(C)C)C(C)C. The van der Waals surface area contributed by atoms with Crippen molar-refractivity contribution in [2.24, 2.45) is 0 Å². The predicted octanol–water partition coefficient (Wildman–Crippen LogP) is 3.16. The molecular weight excluding hydrogens is 432 g/mol. The molecule has 5 heteroatoms. The Morgan fingerprint density at radius 1 is 0.476 bits per heavy atom. The average molecular weight is 472 g/mol. The van der Waals surface area contributed by atoms with Gasteiger partial charge in [-0.2, -0.15) is 0 Å². The summed E-state index contributed by atoms with van der Waals surface area (Å²) in [5.74, 6) is 0. The molecule has 0 aliphatic rings. The van der Waals surface area contributed by atoms with Crippen LogP contribution in [0.1, 0.15) is 55.4 Å². The second-order valence-corrected chi connectivity index (χ2v) is 19.0. The number of hydrogen-bond acceptors (Lipinski definition) is 4. The molecule has 0 aliphatic carbocycles. The zero-order valence-corrected chi connectivity index (χ0v) is 19.4. The van der Waals surface area contributed by atoms with E-state index in [0.29, 0.717) is 24.2 Å². The Morgan fingerprint density at radius 3 is 0.762 bits per heavy atom. The molecule has 0 amide bonds. The molecule has 21 heavy (non-hydrogen) atoms. The Kier molecular flexibility index (Phi) is 8.61. The van der Waals surface area contributed by atoms with Gasteiger partial charge in [-0.3, -0.25) is 0 Å². The first-order valence-corrected chi connectivity index (χ1v) is 13.4. The minimum atomic E-state index is -3.07. The van der Waals surface area contributed by atoms with Crippen LogP contribution in [0.15, 0.2) is 0 Å². The summed E-state index contributed by atoms with van der Waals surface area (Å²) in [5, 5.41) is 0. The van der Waals surface area contributed by atoms with Crippen LogP contribution in [0.5, 0.6) is 0 Å². The Bertz CT molecular complexity index is 255. The fourth-order valence-electron chi connectivity index (χ4n) is 3.51. The fourth-order valence-corrected chi connectivity index (χ4v) is 20.2. The molecule has 0 saturated carbocycles. The quantitative estimate of drug-likeness (QED) is 0.538. The number of rotatable bonds is 8. The maximum absolute atomic E-state index is 3.07. The summed E-state index contributed by atoms with van der Waals surface area (Å²) < 4.78 is 10.8. The van der Waals surface area contributed by atoms with E-state index in [2.05, 4.69) is 97.4 Å². The Balaban J connectivity index is 6.32. The van der Waals surface area contributed by atoms with Crippen LogP contribution >= 0.6 is 0 Å². The van der Waals surface area contributed by atoms with Gasteiger partial charge in [-0.05, 0) is 0 Å². The van der Waals surface area contributed by atoms with E-state index in [1.807, 2.05) is 0 Å². The standard InChI is InChI=1S/2C6H14N.2C2H6N.W/c2*1-5(2)7-6(3)4;2*1-3-2;/h2*5-6H,1-4H3;2*1-2H3;/q4*-1;+4. The van der Waals surface area contributed by atoms with Gasteiger partial charge >= 0.3 is 139 Å². The monoisotopic (exact) mass is 472 g/mol. The normalized spacial score (nSPS) is 15.0. The van der Waals surface area contributed by atoms with Crippen LogP contribution in [-0.2, 0) is 17.1 Å². The zero-order chi connectivity index (χ0) is 17.1. The molecular formula is C16H40N4W. The van der Waals surface area contributed by atoms with Gasteiger partial charge < -0.3 is 0 Å². The molecule has 0 spiro atoms. The molecule has 130 valence electrons. The van der Waals surface area contributed by atoms with Crippen LogP contribution in [0.4, 0.5) is 0 Å². The van der Waals surface area contributed by atoms with Crippen molar-refractivity contribution >= 4 is 0 Å². The first-order valence-electron chi connectivity index (χ1n) is 8.17. The third-order valence-corrected chi connectivity index (χ3v) is 20.7. The van der Waals surface area contributed by atoms with Crippen molar-refractivity contribution < 1.29 is 17.1 Å². The zero-order valence-electron chi connectivity index (χ0n) is 16.5. The van der Waals surface area contributed by atoms with Crippen molar-refractivity contribution in [3.63, 3.8) is 0 Å². The molecule has 4 nitrogen and oxygen atoms in total. The van der Waals surface area contributed by atoms with Gasteiger partial charge in [-0.25, -0.2) is 0 Å². The molecule has 0 N–H and O–H groups in total. The van der Waals surface area contributed by atoms with E-state index in [0.717, 1.165) is 0 Å². The Hall–Kier alpha value is 0.528. The maximum atomic E-state index is 2.81. The fraction of sp³-hybridized carbons (Fsp3) is 1.00. The van der Waals surface area contributed by atoms with Gasteiger partial charge in [0.2, 0.25) is 0 Å².